The fourth-order valence-electron chi connectivity index (χ4n) is 2.74. The van der Waals surface area contributed by atoms with Gasteiger partial charge in [0.05, 0.1) is 6.42 Å². The molecule has 1 heterocycles. The maximum absolute atomic E-state index is 12.3. The van der Waals surface area contributed by atoms with Crippen LogP contribution in [-0.2, 0) is 11.2 Å². The molecule has 1 aliphatic rings. The summed E-state index contributed by atoms with van der Waals surface area (Å²) in [4.78, 5) is 14.3. The molecular formula is C16H24Cl2N2O. The molecule has 0 bridgehead atoms. The van der Waals surface area contributed by atoms with Crippen LogP contribution in [0.3, 0.4) is 0 Å². The summed E-state index contributed by atoms with van der Waals surface area (Å²) in [6.45, 7) is 2.84. The SMILES string of the molecule is CNCCC1CCN(C(=O)Cc2ccccc2Cl)CC1.Cl. The number of benzene rings is 1. The molecule has 0 aliphatic carbocycles. The number of nitrogens with zero attached hydrogens (tertiary/aromatic N) is 1. The quantitative estimate of drug-likeness (QED) is 0.899. The third-order valence-electron chi connectivity index (χ3n) is 4.07. The zero-order chi connectivity index (χ0) is 14.4. The van der Waals surface area contributed by atoms with Gasteiger partial charge in [0, 0.05) is 18.1 Å². The minimum Gasteiger partial charge on any atom is -0.342 e. The first-order valence-corrected chi connectivity index (χ1v) is 7.74. The molecule has 1 aromatic carbocycles. The largest absolute Gasteiger partial charge is 0.342 e. The van der Waals surface area contributed by atoms with E-state index in [1.165, 1.54) is 6.42 Å². The molecule has 1 aliphatic heterocycles. The number of carbonyl (C=O) groups excluding carboxylic acids is 1. The molecule has 1 amide bonds. The lowest BCUT2D eigenvalue weighted by Crippen LogP contribution is -2.39. The first-order valence-electron chi connectivity index (χ1n) is 7.36. The molecule has 0 radical (unpaired) electrons. The number of hydrogen-bond donors (Lipinski definition) is 1. The first-order chi connectivity index (χ1) is 9.70. The van der Waals surface area contributed by atoms with Gasteiger partial charge in [-0.15, -0.1) is 12.4 Å². The maximum Gasteiger partial charge on any atom is 0.227 e. The molecule has 0 unspecified atom stereocenters. The molecule has 1 saturated heterocycles. The summed E-state index contributed by atoms with van der Waals surface area (Å²) in [6, 6.07) is 7.59. The molecule has 1 fully saturated rings. The van der Waals surface area contributed by atoms with E-state index in [9.17, 15) is 4.79 Å². The average molecular weight is 331 g/mol. The highest BCUT2D eigenvalue weighted by molar-refractivity contribution is 6.31. The van der Waals surface area contributed by atoms with Crippen LogP contribution in [0.25, 0.3) is 0 Å². The third-order valence-corrected chi connectivity index (χ3v) is 4.44. The van der Waals surface area contributed by atoms with Gasteiger partial charge in [-0.25, -0.2) is 0 Å². The van der Waals surface area contributed by atoms with E-state index in [-0.39, 0.29) is 18.3 Å². The van der Waals surface area contributed by atoms with Crippen LogP contribution in [-0.4, -0.2) is 37.5 Å². The van der Waals surface area contributed by atoms with E-state index in [1.54, 1.807) is 0 Å². The monoisotopic (exact) mass is 330 g/mol. The molecule has 3 nitrogen and oxygen atoms in total. The van der Waals surface area contributed by atoms with E-state index >= 15 is 0 Å². The Morgan fingerprint density at radius 1 is 1.33 bits per heavy atom. The van der Waals surface area contributed by atoms with Gasteiger partial charge in [0.1, 0.15) is 0 Å². The zero-order valence-corrected chi connectivity index (χ0v) is 14.1. The van der Waals surface area contributed by atoms with Crippen LogP contribution in [0.2, 0.25) is 5.02 Å². The van der Waals surface area contributed by atoms with Crippen molar-refractivity contribution in [1.82, 2.24) is 10.2 Å². The van der Waals surface area contributed by atoms with Crippen LogP contribution in [0.5, 0.6) is 0 Å². The van der Waals surface area contributed by atoms with Crippen LogP contribution < -0.4 is 5.32 Å². The number of carbonyl (C=O) groups is 1. The van der Waals surface area contributed by atoms with Crippen LogP contribution >= 0.6 is 24.0 Å². The number of piperidine rings is 1. The Bertz CT molecular complexity index is 446. The summed E-state index contributed by atoms with van der Waals surface area (Å²) in [5.74, 6) is 0.956. The fourth-order valence-corrected chi connectivity index (χ4v) is 2.94. The molecule has 0 atom stereocenters. The predicted octanol–water partition coefficient (Wildman–Crippen LogP) is 3.15. The van der Waals surface area contributed by atoms with Crippen molar-refractivity contribution in [2.45, 2.75) is 25.7 Å². The first kappa shape index (κ1) is 18.3. The average Bonchev–Trinajstić information content (AvgIpc) is 2.48. The number of hydrogen-bond acceptors (Lipinski definition) is 2. The summed E-state index contributed by atoms with van der Waals surface area (Å²) in [5, 5.41) is 3.88. The molecule has 1 aromatic rings. The molecule has 0 aromatic heterocycles. The standard InChI is InChI=1S/C16H23ClN2O.ClH/c1-18-9-6-13-7-10-19(11-8-13)16(20)12-14-4-2-3-5-15(14)17;/h2-5,13,18H,6-12H2,1H3;1H. The highest BCUT2D eigenvalue weighted by Gasteiger charge is 2.22. The third kappa shape index (κ3) is 5.50. The number of nitrogens with one attached hydrogen (secondary N) is 1. The fraction of sp³-hybridized carbons (Fsp3) is 0.562. The lowest BCUT2D eigenvalue weighted by atomic mass is 9.93. The van der Waals surface area contributed by atoms with E-state index in [4.69, 9.17) is 11.6 Å². The molecule has 21 heavy (non-hydrogen) atoms. The van der Waals surface area contributed by atoms with Gasteiger partial charge < -0.3 is 10.2 Å². The summed E-state index contributed by atoms with van der Waals surface area (Å²) in [7, 11) is 1.99. The van der Waals surface area contributed by atoms with Crippen LogP contribution in [0, 0.1) is 5.92 Å². The van der Waals surface area contributed by atoms with Crippen molar-refractivity contribution < 1.29 is 4.79 Å². The van der Waals surface area contributed by atoms with Gasteiger partial charge in [-0.05, 0) is 50.4 Å². The molecule has 0 spiro atoms. The highest BCUT2D eigenvalue weighted by Crippen LogP contribution is 2.22. The Kier molecular flexibility index (Phi) is 8.09. The number of rotatable bonds is 5. The second kappa shape index (κ2) is 9.29. The van der Waals surface area contributed by atoms with Crippen LogP contribution in [0.15, 0.2) is 24.3 Å². The van der Waals surface area contributed by atoms with Gasteiger partial charge in [0.2, 0.25) is 5.91 Å². The topological polar surface area (TPSA) is 32.3 Å². The highest BCUT2D eigenvalue weighted by atomic mass is 35.5. The van der Waals surface area contributed by atoms with E-state index < -0.39 is 0 Å². The molecule has 0 saturated carbocycles. The molecular weight excluding hydrogens is 307 g/mol. The Morgan fingerprint density at radius 3 is 2.62 bits per heavy atom. The summed E-state index contributed by atoms with van der Waals surface area (Å²) < 4.78 is 0. The Labute approximate surface area is 138 Å². The van der Waals surface area contributed by atoms with E-state index in [1.807, 2.05) is 36.2 Å². The van der Waals surface area contributed by atoms with Gasteiger partial charge in [-0.3, -0.25) is 4.79 Å². The van der Waals surface area contributed by atoms with Crippen molar-refractivity contribution in [3.63, 3.8) is 0 Å². The minimum atomic E-state index is 0. The Balaban J connectivity index is 0.00000220. The van der Waals surface area contributed by atoms with Gasteiger partial charge in [-0.1, -0.05) is 29.8 Å². The lowest BCUT2D eigenvalue weighted by Gasteiger charge is -2.32. The van der Waals surface area contributed by atoms with Crippen LogP contribution in [0.4, 0.5) is 0 Å². The van der Waals surface area contributed by atoms with Crippen molar-refractivity contribution >= 4 is 29.9 Å². The summed E-state index contributed by atoms with van der Waals surface area (Å²) in [5.41, 5.74) is 0.927. The maximum atomic E-state index is 12.3. The second-order valence-electron chi connectivity index (χ2n) is 5.48. The lowest BCUT2D eigenvalue weighted by molar-refractivity contribution is -0.131. The number of likely N-dealkylation sites (tertiary alicyclic amines) is 1. The molecule has 118 valence electrons. The predicted molar refractivity (Wildman–Crippen MR) is 90.3 cm³/mol. The van der Waals surface area contributed by atoms with Crippen molar-refractivity contribution in [3.8, 4) is 0 Å². The smallest absolute Gasteiger partial charge is 0.227 e. The van der Waals surface area contributed by atoms with Crippen LogP contribution in [0.1, 0.15) is 24.8 Å². The second-order valence-corrected chi connectivity index (χ2v) is 5.89. The normalized spacial score (nSPS) is 15.6. The molecule has 5 heteroatoms. The number of amides is 1. The van der Waals surface area contributed by atoms with E-state index in [0.29, 0.717) is 11.4 Å². The van der Waals surface area contributed by atoms with Crippen molar-refractivity contribution in [2.24, 2.45) is 5.92 Å². The van der Waals surface area contributed by atoms with E-state index in [2.05, 4.69) is 5.32 Å². The van der Waals surface area contributed by atoms with Crippen molar-refractivity contribution in [3.05, 3.63) is 34.9 Å². The van der Waals surface area contributed by atoms with E-state index in [0.717, 1.165) is 44.0 Å². The van der Waals surface area contributed by atoms with Crippen molar-refractivity contribution in [1.29, 1.82) is 0 Å². The zero-order valence-electron chi connectivity index (χ0n) is 12.5. The van der Waals surface area contributed by atoms with Gasteiger partial charge >= 0.3 is 0 Å². The molecule has 1 N–H and O–H groups in total. The summed E-state index contributed by atoms with van der Waals surface area (Å²) in [6.07, 6.45) is 3.87. The minimum absolute atomic E-state index is 0. The number of halogens is 2. The van der Waals surface area contributed by atoms with Gasteiger partial charge in [0.25, 0.3) is 0 Å². The van der Waals surface area contributed by atoms with Gasteiger partial charge in [0.15, 0.2) is 0 Å². The summed E-state index contributed by atoms with van der Waals surface area (Å²) >= 11 is 6.11. The Morgan fingerprint density at radius 2 is 2.00 bits per heavy atom. The molecule has 2 rings (SSSR count). The van der Waals surface area contributed by atoms with Gasteiger partial charge in [-0.2, -0.15) is 0 Å². The Hall–Kier alpha value is -0.770. The van der Waals surface area contributed by atoms with Crippen molar-refractivity contribution in [2.75, 3.05) is 26.7 Å².